The second-order valence-corrected chi connectivity index (χ2v) is 6.78. The molecule has 0 atom stereocenters. The van der Waals surface area contributed by atoms with Gasteiger partial charge in [0.1, 0.15) is 35.4 Å². The molecule has 1 aromatic carbocycles. The van der Waals surface area contributed by atoms with E-state index in [0.29, 0.717) is 34.0 Å². The summed E-state index contributed by atoms with van der Waals surface area (Å²) < 4.78 is 26.5. The SMILES string of the molecule is CCn1ncc(Br)c1C(=O)/C=C/c1ccc(COc2ccc(F)c(Cl)c2)o1. The van der Waals surface area contributed by atoms with Crippen LogP contribution in [0.1, 0.15) is 28.9 Å². The summed E-state index contributed by atoms with van der Waals surface area (Å²) in [6.07, 6.45) is 4.60. The predicted molar refractivity (Wildman–Crippen MR) is 103 cm³/mol. The molecule has 27 heavy (non-hydrogen) atoms. The van der Waals surface area contributed by atoms with Gasteiger partial charge >= 0.3 is 0 Å². The van der Waals surface area contributed by atoms with Crippen molar-refractivity contribution in [1.82, 2.24) is 9.78 Å². The Labute approximate surface area is 168 Å². The molecule has 0 N–H and O–H groups in total. The Bertz CT molecular complexity index is 997. The zero-order chi connectivity index (χ0) is 19.4. The molecular formula is C19H15BrClFN2O3. The average molecular weight is 454 g/mol. The highest BCUT2D eigenvalue weighted by Crippen LogP contribution is 2.22. The van der Waals surface area contributed by atoms with Crippen molar-refractivity contribution in [3.8, 4) is 5.75 Å². The second-order valence-electron chi connectivity index (χ2n) is 5.52. The number of benzene rings is 1. The number of ether oxygens (including phenoxy) is 1. The maximum absolute atomic E-state index is 13.1. The number of hydrogen-bond donors (Lipinski definition) is 0. The molecule has 0 aliphatic heterocycles. The molecule has 0 amide bonds. The first-order valence-corrected chi connectivity index (χ1v) is 9.25. The fourth-order valence-electron chi connectivity index (χ4n) is 2.37. The molecule has 5 nitrogen and oxygen atoms in total. The molecule has 2 aromatic heterocycles. The Hall–Kier alpha value is -2.38. The van der Waals surface area contributed by atoms with Gasteiger partial charge in [-0.3, -0.25) is 9.48 Å². The normalized spacial score (nSPS) is 11.3. The number of aryl methyl sites for hydroxylation is 1. The van der Waals surface area contributed by atoms with Gasteiger partial charge in [-0.05, 0) is 59.3 Å². The van der Waals surface area contributed by atoms with Crippen LogP contribution >= 0.6 is 27.5 Å². The fraction of sp³-hybridized carbons (Fsp3) is 0.158. The predicted octanol–water partition coefficient (Wildman–Crippen LogP) is 5.53. The molecule has 2 heterocycles. The molecule has 0 unspecified atom stereocenters. The van der Waals surface area contributed by atoms with Crippen LogP contribution in [0, 0.1) is 5.82 Å². The first-order chi connectivity index (χ1) is 13.0. The van der Waals surface area contributed by atoms with Crippen molar-refractivity contribution in [2.45, 2.75) is 20.1 Å². The van der Waals surface area contributed by atoms with E-state index >= 15 is 0 Å². The molecule has 0 spiro atoms. The van der Waals surface area contributed by atoms with E-state index in [-0.39, 0.29) is 17.4 Å². The van der Waals surface area contributed by atoms with Crippen molar-refractivity contribution < 1.29 is 18.3 Å². The van der Waals surface area contributed by atoms with Crippen LogP contribution in [-0.2, 0) is 13.2 Å². The number of carbonyl (C=O) groups excluding carboxylic acids is 1. The molecule has 0 fully saturated rings. The standard InChI is InChI=1S/C19H15BrClFN2O3/c1-2-24-19(15(20)10-23-24)18(25)8-6-12-3-4-14(27-12)11-26-13-5-7-17(22)16(21)9-13/h3-10H,2,11H2,1H3/b8-6+. The van der Waals surface area contributed by atoms with E-state index in [1.165, 1.54) is 24.3 Å². The van der Waals surface area contributed by atoms with Gasteiger partial charge < -0.3 is 9.15 Å². The van der Waals surface area contributed by atoms with E-state index < -0.39 is 5.82 Å². The van der Waals surface area contributed by atoms with Crippen LogP contribution in [0.3, 0.4) is 0 Å². The van der Waals surface area contributed by atoms with Crippen LogP contribution in [0.5, 0.6) is 5.75 Å². The summed E-state index contributed by atoms with van der Waals surface area (Å²) in [4.78, 5) is 12.4. The minimum atomic E-state index is -0.504. The number of nitrogens with zero attached hydrogens (tertiary/aromatic N) is 2. The molecule has 8 heteroatoms. The Morgan fingerprint density at radius 2 is 2.22 bits per heavy atom. The van der Waals surface area contributed by atoms with E-state index in [1.807, 2.05) is 6.92 Å². The molecule has 140 valence electrons. The highest BCUT2D eigenvalue weighted by atomic mass is 79.9. The summed E-state index contributed by atoms with van der Waals surface area (Å²) in [6, 6.07) is 7.58. The van der Waals surface area contributed by atoms with Gasteiger partial charge in [0.2, 0.25) is 5.78 Å². The molecule has 0 radical (unpaired) electrons. The summed E-state index contributed by atoms with van der Waals surface area (Å²) >= 11 is 9.05. The van der Waals surface area contributed by atoms with Gasteiger partial charge in [-0.2, -0.15) is 5.10 Å². The van der Waals surface area contributed by atoms with Crippen LogP contribution in [-0.4, -0.2) is 15.6 Å². The first kappa shape index (κ1) is 19.4. The minimum Gasteiger partial charge on any atom is -0.486 e. The van der Waals surface area contributed by atoms with Gasteiger partial charge in [0.25, 0.3) is 0 Å². The van der Waals surface area contributed by atoms with E-state index in [1.54, 1.807) is 29.1 Å². The summed E-state index contributed by atoms with van der Waals surface area (Å²) in [5, 5.41) is 4.11. The molecule has 3 rings (SSSR count). The van der Waals surface area contributed by atoms with E-state index in [4.69, 9.17) is 20.8 Å². The maximum Gasteiger partial charge on any atom is 0.205 e. The fourth-order valence-corrected chi connectivity index (χ4v) is 3.03. The number of carbonyl (C=O) groups is 1. The number of rotatable bonds is 7. The van der Waals surface area contributed by atoms with Crippen LogP contribution in [0.15, 0.2) is 51.5 Å². The third kappa shape index (κ3) is 4.67. The molecule has 0 saturated carbocycles. The van der Waals surface area contributed by atoms with Crippen molar-refractivity contribution in [3.63, 3.8) is 0 Å². The number of allylic oxidation sites excluding steroid dienone is 1. The summed E-state index contributed by atoms with van der Waals surface area (Å²) in [5.41, 5.74) is 0.483. The number of hydrogen-bond acceptors (Lipinski definition) is 4. The number of aromatic nitrogens is 2. The lowest BCUT2D eigenvalue weighted by atomic mass is 10.2. The third-order valence-corrected chi connectivity index (χ3v) is 4.55. The highest BCUT2D eigenvalue weighted by molar-refractivity contribution is 9.10. The van der Waals surface area contributed by atoms with Crippen molar-refractivity contribution in [2.75, 3.05) is 0 Å². The van der Waals surface area contributed by atoms with Gasteiger partial charge in [-0.15, -0.1) is 0 Å². The van der Waals surface area contributed by atoms with E-state index in [9.17, 15) is 9.18 Å². The summed E-state index contributed by atoms with van der Waals surface area (Å²) in [6.45, 7) is 2.65. The number of ketones is 1. The zero-order valence-corrected chi connectivity index (χ0v) is 16.6. The number of halogens is 3. The quantitative estimate of drug-likeness (QED) is 0.349. The second kappa shape index (κ2) is 8.54. The first-order valence-electron chi connectivity index (χ1n) is 8.08. The smallest absolute Gasteiger partial charge is 0.205 e. The summed E-state index contributed by atoms with van der Waals surface area (Å²) in [7, 11) is 0. The van der Waals surface area contributed by atoms with Crippen molar-refractivity contribution in [3.05, 3.63) is 75.1 Å². The van der Waals surface area contributed by atoms with Gasteiger partial charge in [0.05, 0.1) is 15.7 Å². The van der Waals surface area contributed by atoms with E-state index in [2.05, 4.69) is 21.0 Å². The van der Waals surface area contributed by atoms with Crippen molar-refractivity contribution in [2.24, 2.45) is 0 Å². The highest BCUT2D eigenvalue weighted by Gasteiger charge is 2.14. The lowest BCUT2D eigenvalue weighted by Crippen LogP contribution is -2.07. The monoisotopic (exact) mass is 452 g/mol. The lowest BCUT2D eigenvalue weighted by Gasteiger charge is -2.04. The van der Waals surface area contributed by atoms with Crippen LogP contribution < -0.4 is 4.74 Å². The Morgan fingerprint density at radius 1 is 1.41 bits per heavy atom. The average Bonchev–Trinajstić information content (AvgIpc) is 3.27. The molecule has 3 aromatic rings. The maximum atomic E-state index is 13.1. The van der Waals surface area contributed by atoms with Gasteiger partial charge in [-0.1, -0.05) is 11.6 Å². The van der Waals surface area contributed by atoms with Gasteiger partial charge in [0, 0.05) is 12.6 Å². The largest absolute Gasteiger partial charge is 0.486 e. The van der Waals surface area contributed by atoms with E-state index in [0.717, 1.165) is 0 Å². The van der Waals surface area contributed by atoms with Gasteiger partial charge in [-0.25, -0.2) is 4.39 Å². The van der Waals surface area contributed by atoms with Gasteiger partial charge in [0.15, 0.2) is 0 Å². The molecule has 0 aliphatic rings. The Kier molecular flexibility index (Phi) is 6.13. The molecule has 0 saturated heterocycles. The Balaban J connectivity index is 1.63. The zero-order valence-electron chi connectivity index (χ0n) is 14.3. The topological polar surface area (TPSA) is 57.3 Å². The van der Waals surface area contributed by atoms with Crippen LogP contribution in [0.25, 0.3) is 6.08 Å². The third-order valence-electron chi connectivity index (χ3n) is 3.68. The molecular weight excluding hydrogens is 439 g/mol. The van der Waals surface area contributed by atoms with Crippen LogP contribution in [0.4, 0.5) is 4.39 Å². The number of furan rings is 1. The van der Waals surface area contributed by atoms with Crippen molar-refractivity contribution in [1.29, 1.82) is 0 Å². The summed E-state index contributed by atoms with van der Waals surface area (Å²) in [5.74, 6) is 0.814. The van der Waals surface area contributed by atoms with Crippen LogP contribution in [0.2, 0.25) is 5.02 Å². The van der Waals surface area contributed by atoms with Crippen molar-refractivity contribution >= 4 is 39.4 Å². The molecule has 0 aliphatic carbocycles. The lowest BCUT2D eigenvalue weighted by molar-refractivity contribution is 0.103. The Morgan fingerprint density at radius 3 is 2.96 bits per heavy atom. The minimum absolute atomic E-state index is 0.00781. The molecule has 0 bridgehead atoms.